The van der Waals surface area contributed by atoms with Gasteiger partial charge in [0.15, 0.2) is 0 Å². The third-order valence-electron chi connectivity index (χ3n) is 2.58. The van der Waals surface area contributed by atoms with Crippen molar-refractivity contribution >= 4 is 29.1 Å². The Morgan fingerprint density at radius 2 is 2.18 bits per heavy atom. The first kappa shape index (κ1) is 10.8. The third-order valence-corrected chi connectivity index (χ3v) is 4.89. The summed E-state index contributed by atoms with van der Waals surface area (Å²) < 4.78 is 13.2. The van der Waals surface area contributed by atoms with Crippen molar-refractivity contribution in [2.24, 2.45) is 0 Å². The summed E-state index contributed by atoms with van der Waals surface area (Å²) in [5, 5.41) is 10.8. The Kier molecular flexibility index (Phi) is 2.45. The molecular formula is C12H6FO2S2-. The van der Waals surface area contributed by atoms with Gasteiger partial charge < -0.3 is 9.90 Å². The van der Waals surface area contributed by atoms with E-state index in [4.69, 9.17) is 0 Å². The van der Waals surface area contributed by atoms with Gasteiger partial charge in [-0.15, -0.1) is 23.1 Å². The van der Waals surface area contributed by atoms with Crippen LogP contribution in [0.3, 0.4) is 0 Å². The molecule has 2 heterocycles. The monoisotopic (exact) mass is 265 g/mol. The van der Waals surface area contributed by atoms with Crippen molar-refractivity contribution < 1.29 is 14.3 Å². The van der Waals surface area contributed by atoms with E-state index < -0.39 is 5.97 Å². The zero-order valence-corrected chi connectivity index (χ0v) is 10.2. The van der Waals surface area contributed by atoms with Gasteiger partial charge in [-0.2, -0.15) is 0 Å². The average molecular weight is 265 g/mol. The fourth-order valence-electron chi connectivity index (χ4n) is 1.83. The van der Waals surface area contributed by atoms with Crippen molar-refractivity contribution in [1.82, 2.24) is 0 Å². The molecule has 2 nitrogen and oxygen atoms in total. The number of carbonyl (C=O) groups excluding carboxylic acids is 1. The van der Waals surface area contributed by atoms with Crippen LogP contribution in [0.15, 0.2) is 29.2 Å². The number of benzene rings is 1. The first-order valence-electron chi connectivity index (χ1n) is 4.92. The minimum atomic E-state index is -1.17. The number of fused-ring (bicyclic) bond motifs is 3. The van der Waals surface area contributed by atoms with E-state index in [2.05, 4.69) is 0 Å². The van der Waals surface area contributed by atoms with Crippen LogP contribution in [-0.4, -0.2) is 5.97 Å². The summed E-state index contributed by atoms with van der Waals surface area (Å²) in [5.74, 6) is -0.759. The van der Waals surface area contributed by atoms with E-state index in [1.165, 1.54) is 12.1 Å². The van der Waals surface area contributed by atoms with Crippen molar-refractivity contribution in [3.05, 3.63) is 40.5 Å². The third kappa shape index (κ3) is 1.75. The van der Waals surface area contributed by atoms with Crippen LogP contribution in [0, 0.1) is 5.82 Å². The number of rotatable bonds is 1. The molecule has 0 bridgehead atoms. The second kappa shape index (κ2) is 3.85. The van der Waals surface area contributed by atoms with Crippen molar-refractivity contribution in [2.75, 3.05) is 0 Å². The topological polar surface area (TPSA) is 40.1 Å². The molecule has 17 heavy (non-hydrogen) atoms. The Hall–Kier alpha value is -1.33. The number of aromatic carboxylic acids is 1. The SMILES string of the molecule is O=C([O-])c1cc2c(s1)-c1cc(F)ccc1SC2. The maximum Gasteiger partial charge on any atom is 0.123 e. The lowest BCUT2D eigenvalue weighted by molar-refractivity contribution is -0.254. The minimum absolute atomic E-state index is 0.202. The summed E-state index contributed by atoms with van der Waals surface area (Å²) in [6, 6.07) is 6.23. The highest BCUT2D eigenvalue weighted by Crippen LogP contribution is 2.45. The molecule has 0 N–H and O–H groups in total. The minimum Gasteiger partial charge on any atom is -0.544 e. The fraction of sp³-hybridized carbons (Fsp3) is 0.0833. The van der Waals surface area contributed by atoms with Gasteiger partial charge in [-0.25, -0.2) is 4.39 Å². The number of hydrogen-bond donors (Lipinski definition) is 0. The van der Waals surface area contributed by atoms with Crippen molar-refractivity contribution in [3.8, 4) is 10.4 Å². The summed E-state index contributed by atoms with van der Waals surface area (Å²) in [4.78, 5) is 12.9. The molecule has 0 amide bonds. The molecule has 3 rings (SSSR count). The lowest BCUT2D eigenvalue weighted by Gasteiger charge is -2.15. The van der Waals surface area contributed by atoms with Crippen LogP contribution in [0.2, 0.25) is 0 Å². The predicted octanol–water partition coefficient (Wildman–Crippen LogP) is 2.52. The number of hydrogen-bond acceptors (Lipinski definition) is 4. The molecule has 1 aliphatic rings. The number of carboxylic acid groups (broad SMARTS) is 1. The van der Waals surface area contributed by atoms with Gasteiger partial charge >= 0.3 is 0 Å². The van der Waals surface area contributed by atoms with Gasteiger partial charge in [0, 0.05) is 21.1 Å². The molecule has 1 aromatic carbocycles. The van der Waals surface area contributed by atoms with Gasteiger partial charge in [0.25, 0.3) is 0 Å². The summed E-state index contributed by atoms with van der Waals surface area (Å²) >= 11 is 2.74. The number of halogens is 1. The number of thioether (sulfide) groups is 1. The molecule has 0 spiro atoms. The van der Waals surface area contributed by atoms with Crippen LogP contribution < -0.4 is 5.11 Å². The molecule has 5 heteroatoms. The van der Waals surface area contributed by atoms with Crippen molar-refractivity contribution in [3.63, 3.8) is 0 Å². The first-order chi connectivity index (χ1) is 8.15. The molecule has 0 saturated heterocycles. The lowest BCUT2D eigenvalue weighted by Crippen LogP contribution is -2.20. The Bertz CT molecular complexity index is 619. The largest absolute Gasteiger partial charge is 0.544 e. The highest BCUT2D eigenvalue weighted by molar-refractivity contribution is 7.98. The van der Waals surface area contributed by atoms with Gasteiger partial charge in [0.05, 0.1) is 10.8 Å². The van der Waals surface area contributed by atoms with Crippen LogP contribution in [-0.2, 0) is 5.75 Å². The van der Waals surface area contributed by atoms with Gasteiger partial charge in [-0.1, -0.05) is 0 Å². The molecular weight excluding hydrogens is 259 g/mol. The molecule has 0 saturated carbocycles. The van der Waals surface area contributed by atoms with E-state index in [9.17, 15) is 14.3 Å². The molecule has 2 aromatic rings. The van der Waals surface area contributed by atoms with Gasteiger partial charge in [-0.3, -0.25) is 0 Å². The second-order valence-electron chi connectivity index (χ2n) is 3.68. The predicted molar refractivity (Wildman–Crippen MR) is 63.6 cm³/mol. The molecule has 0 aliphatic carbocycles. The van der Waals surface area contributed by atoms with Crippen LogP contribution in [0.5, 0.6) is 0 Å². The summed E-state index contributed by atoms with van der Waals surface area (Å²) in [5.41, 5.74) is 1.73. The average Bonchev–Trinajstić information content (AvgIpc) is 2.73. The van der Waals surface area contributed by atoms with Gasteiger partial charge in [0.1, 0.15) is 5.82 Å². The Balaban J connectivity index is 2.21. The fourth-order valence-corrected chi connectivity index (χ4v) is 4.05. The highest BCUT2D eigenvalue weighted by atomic mass is 32.2. The maximum atomic E-state index is 13.2. The molecule has 1 aromatic heterocycles. The van der Waals surface area contributed by atoms with Crippen molar-refractivity contribution in [1.29, 1.82) is 0 Å². The summed E-state index contributed by atoms with van der Waals surface area (Å²) in [6.07, 6.45) is 0. The number of carboxylic acids is 1. The zero-order valence-electron chi connectivity index (χ0n) is 8.53. The summed E-state index contributed by atoms with van der Waals surface area (Å²) in [7, 11) is 0. The molecule has 0 radical (unpaired) electrons. The van der Waals surface area contributed by atoms with Crippen LogP contribution in [0.4, 0.5) is 4.39 Å². The van der Waals surface area contributed by atoms with E-state index in [-0.39, 0.29) is 10.7 Å². The highest BCUT2D eigenvalue weighted by Gasteiger charge is 2.20. The van der Waals surface area contributed by atoms with E-state index in [0.29, 0.717) is 0 Å². The summed E-state index contributed by atoms with van der Waals surface area (Å²) in [6.45, 7) is 0. The Labute approximate surface area is 105 Å². The second-order valence-corrected chi connectivity index (χ2v) is 5.75. The van der Waals surface area contributed by atoms with E-state index >= 15 is 0 Å². The lowest BCUT2D eigenvalue weighted by atomic mass is 10.1. The van der Waals surface area contributed by atoms with Gasteiger partial charge in [-0.05, 0) is 29.8 Å². The van der Waals surface area contributed by atoms with Crippen LogP contribution in [0.25, 0.3) is 10.4 Å². The van der Waals surface area contributed by atoms with E-state index in [1.54, 1.807) is 23.9 Å². The van der Waals surface area contributed by atoms with Crippen LogP contribution in [0.1, 0.15) is 15.2 Å². The van der Waals surface area contributed by atoms with Crippen LogP contribution >= 0.6 is 23.1 Å². The molecule has 86 valence electrons. The molecule has 0 unspecified atom stereocenters. The number of thiophene rings is 1. The van der Waals surface area contributed by atoms with E-state index in [1.807, 2.05) is 0 Å². The first-order valence-corrected chi connectivity index (χ1v) is 6.72. The molecule has 0 atom stereocenters. The van der Waals surface area contributed by atoms with Gasteiger partial charge in [0.2, 0.25) is 0 Å². The van der Waals surface area contributed by atoms with Crippen molar-refractivity contribution in [2.45, 2.75) is 10.6 Å². The Morgan fingerprint density at radius 1 is 1.35 bits per heavy atom. The zero-order chi connectivity index (χ0) is 12.0. The number of carbonyl (C=O) groups is 1. The quantitative estimate of drug-likeness (QED) is 0.795. The van der Waals surface area contributed by atoms with E-state index in [0.717, 1.165) is 38.0 Å². The molecule has 0 fully saturated rings. The smallest absolute Gasteiger partial charge is 0.123 e. The Morgan fingerprint density at radius 3 is 2.94 bits per heavy atom. The standard InChI is InChI=1S/C12H7FO2S2/c13-7-1-2-9-8(4-7)11-6(5-16-9)3-10(17-11)12(14)15/h1-4H,5H2,(H,14,15)/p-1. The normalized spacial score (nSPS) is 13.0. The maximum absolute atomic E-state index is 13.2. The molecule has 1 aliphatic heterocycles.